The number of nitrogens with zero attached hydrogens (tertiary/aromatic N) is 2. The Balaban J connectivity index is 1.13. The molecule has 11 rings (SSSR count). The Morgan fingerprint density at radius 3 is 1.72 bits per heavy atom. The highest BCUT2D eigenvalue weighted by Gasteiger charge is 2.21. The van der Waals surface area contributed by atoms with Crippen LogP contribution < -0.4 is 4.90 Å². The lowest BCUT2D eigenvalue weighted by Gasteiger charge is -2.29. The second-order valence-electron chi connectivity index (χ2n) is 13.7. The van der Waals surface area contributed by atoms with E-state index < -0.39 is 0 Å². The monoisotopic (exact) mass is 676 g/mol. The van der Waals surface area contributed by atoms with Crippen molar-refractivity contribution in [2.45, 2.75) is 0 Å². The molecule has 0 aliphatic carbocycles. The second-order valence-corrected chi connectivity index (χ2v) is 13.7. The van der Waals surface area contributed by atoms with E-state index in [0.29, 0.717) is 0 Å². The van der Waals surface area contributed by atoms with Crippen LogP contribution in [0, 0.1) is 0 Å². The third-order valence-corrected chi connectivity index (χ3v) is 10.8. The van der Waals surface area contributed by atoms with Crippen molar-refractivity contribution in [2.75, 3.05) is 4.90 Å². The van der Waals surface area contributed by atoms with E-state index in [0.717, 1.165) is 66.6 Å². The summed E-state index contributed by atoms with van der Waals surface area (Å²) >= 11 is 0. The van der Waals surface area contributed by atoms with Crippen molar-refractivity contribution in [1.29, 1.82) is 0 Å². The lowest BCUT2D eigenvalue weighted by Crippen LogP contribution is -2.12. The van der Waals surface area contributed by atoms with Gasteiger partial charge in [0.05, 0.1) is 22.4 Å². The van der Waals surface area contributed by atoms with Gasteiger partial charge in [0.1, 0.15) is 11.2 Å². The van der Waals surface area contributed by atoms with Gasteiger partial charge in [-0.05, 0) is 77.0 Å². The number of fused-ring (bicyclic) bond motifs is 9. The minimum atomic E-state index is 0.910. The zero-order valence-electron chi connectivity index (χ0n) is 28.8. The first kappa shape index (κ1) is 29.6. The Hall–Kier alpha value is -7.10. The van der Waals surface area contributed by atoms with Crippen LogP contribution in [0.3, 0.4) is 0 Å². The van der Waals surface area contributed by atoms with Crippen molar-refractivity contribution in [1.82, 2.24) is 4.57 Å². The van der Waals surface area contributed by atoms with E-state index in [1.54, 1.807) is 0 Å². The topological polar surface area (TPSA) is 21.3 Å². The van der Waals surface area contributed by atoms with Gasteiger partial charge >= 0.3 is 0 Å². The molecule has 0 fully saturated rings. The minimum Gasteiger partial charge on any atom is -0.455 e. The third kappa shape index (κ3) is 4.54. The summed E-state index contributed by atoms with van der Waals surface area (Å²) in [5, 5.41) is 9.46. The molecule has 53 heavy (non-hydrogen) atoms. The fraction of sp³-hybridized carbons (Fsp3) is 0. The first-order chi connectivity index (χ1) is 26.3. The maximum absolute atomic E-state index is 6.50. The zero-order chi connectivity index (χ0) is 34.9. The predicted molar refractivity (Wildman–Crippen MR) is 223 cm³/mol. The Kier molecular flexibility index (Phi) is 6.55. The first-order valence-corrected chi connectivity index (χ1v) is 18.1. The van der Waals surface area contributed by atoms with E-state index >= 15 is 0 Å². The summed E-state index contributed by atoms with van der Waals surface area (Å²) in [4.78, 5) is 2.42. The van der Waals surface area contributed by atoms with Crippen LogP contribution in [-0.2, 0) is 0 Å². The summed E-state index contributed by atoms with van der Waals surface area (Å²) in [5.74, 6) is 0. The van der Waals surface area contributed by atoms with Crippen LogP contribution in [0.1, 0.15) is 0 Å². The summed E-state index contributed by atoms with van der Waals surface area (Å²) in [5.41, 5.74) is 11.0. The lowest BCUT2D eigenvalue weighted by atomic mass is 9.94. The number of anilines is 3. The van der Waals surface area contributed by atoms with Gasteiger partial charge in [-0.1, -0.05) is 133 Å². The molecule has 0 amide bonds. The Morgan fingerprint density at radius 1 is 0.358 bits per heavy atom. The van der Waals surface area contributed by atoms with Gasteiger partial charge in [0, 0.05) is 49.3 Å². The second kappa shape index (κ2) is 11.7. The van der Waals surface area contributed by atoms with Gasteiger partial charge in [-0.15, -0.1) is 0 Å². The summed E-state index contributed by atoms with van der Waals surface area (Å²) in [6.45, 7) is 0. The number of benzene rings is 9. The van der Waals surface area contributed by atoms with Crippen molar-refractivity contribution in [3.8, 4) is 16.8 Å². The molecule has 0 spiro atoms. The molecule has 3 heteroatoms. The molecule has 248 valence electrons. The normalized spacial score (nSPS) is 11.8. The standard InChI is InChI=1S/C50H32N2O/c1-2-15-36-33(13-1)14-11-25-45(36)51(34-27-29-35(30-28-34)52-47-23-8-4-17-40(47)41-18-5-9-24-48(41)52)46-22-7-3-16-39(46)37-20-12-21-43-38(37)31-32-44-42-19-6-10-26-49(42)53-50(43)44/h1-32H. The summed E-state index contributed by atoms with van der Waals surface area (Å²) in [7, 11) is 0. The van der Waals surface area contributed by atoms with E-state index in [9.17, 15) is 0 Å². The maximum atomic E-state index is 6.50. The van der Waals surface area contributed by atoms with Crippen LogP contribution in [0.2, 0.25) is 0 Å². The van der Waals surface area contributed by atoms with Crippen molar-refractivity contribution < 1.29 is 4.42 Å². The Morgan fingerprint density at radius 2 is 0.906 bits per heavy atom. The fourth-order valence-corrected chi connectivity index (χ4v) is 8.43. The number of hydrogen-bond donors (Lipinski definition) is 0. The Labute approximate surface area is 306 Å². The number of rotatable bonds is 5. The molecule has 0 saturated carbocycles. The zero-order valence-corrected chi connectivity index (χ0v) is 28.8. The number of furan rings is 1. The summed E-state index contributed by atoms with van der Waals surface area (Å²) < 4.78 is 8.88. The van der Waals surface area contributed by atoms with Crippen LogP contribution >= 0.6 is 0 Å². The molecule has 0 bridgehead atoms. The van der Waals surface area contributed by atoms with Crippen LogP contribution in [-0.4, -0.2) is 4.57 Å². The van der Waals surface area contributed by atoms with Crippen LogP contribution in [0.15, 0.2) is 199 Å². The molecule has 0 unspecified atom stereocenters. The van der Waals surface area contributed by atoms with Gasteiger partial charge in [-0.2, -0.15) is 0 Å². The van der Waals surface area contributed by atoms with Crippen molar-refractivity contribution in [3.63, 3.8) is 0 Å². The molecule has 0 saturated heterocycles. The molecule has 9 aromatic carbocycles. The van der Waals surface area contributed by atoms with Gasteiger partial charge in [-0.25, -0.2) is 0 Å². The first-order valence-electron chi connectivity index (χ1n) is 18.1. The van der Waals surface area contributed by atoms with Crippen molar-refractivity contribution in [2.24, 2.45) is 0 Å². The van der Waals surface area contributed by atoms with Gasteiger partial charge in [-0.3, -0.25) is 0 Å². The molecule has 0 N–H and O–H groups in total. The van der Waals surface area contributed by atoms with E-state index in [2.05, 4.69) is 198 Å². The van der Waals surface area contributed by atoms with Crippen LogP contribution in [0.25, 0.3) is 82.1 Å². The van der Waals surface area contributed by atoms with E-state index in [1.807, 2.05) is 6.07 Å². The van der Waals surface area contributed by atoms with Crippen LogP contribution in [0.5, 0.6) is 0 Å². The molecule has 11 aromatic rings. The molecule has 3 nitrogen and oxygen atoms in total. The number of para-hydroxylation sites is 4. The highest BCUT2D eigenvalue weighted by Crippen LogP contribution is 2.46. The largest absolute Gasteiger partial charge is 0.455 e. The quantitative estimate of drug-likeness (QED) is 0.181. The molecular formula is C50H32N2O. The average Bonchev–Trinajstić information content (AvgIpc) is 3.78. The third-order valence-electron chi connectivity index (χ3n) is 10.8. The number of aromatic nitrogens is 1. The molecule has 0 atom stereocenters. The SMILES string of the molecule is c1ccc(N(c2ccc(-n3c4ccccc4c4ccccc43)cc2)c2cccc3ccccc23)c(-c2cccc3c2ccc2c4ccccc4oc32)c1. The van der Waals surface area contributed by atoms with Crippen molar-refractivity contribution >= 4 is 82.4 Å². The van der Waals surface area contributed by atoms with E-state index in [1.165, 1.54) is 32.6 Å². The van der Waals surface area contributed by atoms with E-state index in [-0.39, 0.29) is 0 Å². The summed E-state index contributed by atoms with van der Waals surface area (Å²) in [6, 6.07) is 69.8. The molecule has 0 radical (unpaired) electrons. The molecule has 0 aliphatic heterocycles. The van der Waals surface area contributed by atoms with Gasteiger partial charge in [0.2, 0.25) is 0 Å². The summed E-state index contributed by atoms with van der Waals surface area (Å²) in [6.07, 6.45) is 0. The Bertz CT molecular complexity index is 3130. The molecular weight excluding hydrogens is 645 g/mol. The minimum absolute atomic E-state index is 0.910. The molecule has 2 aromatic heterocycles. The van der Waals surface area contributed by atoms with Gasteiger partial charge < -0.3 is 13.9 Å². The molecule has 0 aliphatic rings. The predicted octanol–water partition coefficient (Wildman–Crippen LogP) is 14.1. The highest BCUT2D eigenvalue weighted by atomic mass is 16.3. The van der Waals surface area contributed by atoms with Crippen LogP contribution in [0.4, 0.5) is 17.1 Å². The lowest BCUT2D eigenvalue weighted by molar-refractivity contribution is 0.672. The van der Waals surface area contributed by atoms with E-state index in [4.69, 9.17) is 4.42 Å². The molecule has 2 heterocycles. The number of hydrogen-bond acceptors (Lipinski definition) is 2. The fourth-order valence-electron chi connectivity index (χ4n) is 8.43. The van der Waals surface area contributed by atoms with Gasteiger partial charge in [0.15, 0.2) is 0 Å². The van der Waals surface area contributed by atoms with Crippen molar-refractivity contribution in [3.05, 3.63) is 194 Å². The smallest absolute Gasteiger partial charge is 0.143 e. The van der Waals surface area contributed by atoms with Gasteiger partial charge in [0.25, 0.3) is 0 Å². The average molecular weight is 677 g/mol. The maximum Gasteiger partial charge on any atom is 0.143 e. The highest BCUT2D eigenvalue weighted by molar-refractivity contribution is 6.18.